The Balaban J connectivity index is 1.75. The average Bonchev–Trinajstić information content (AvgIpc) is 2.52. The smallest absolute Gasteiger partial charge is 0.161 e. The Morgan fingerprint density at radius 2 is 1.76 bits per heavy atom. The summed E-state index contributed by atoms with van der Waals surface area (Å²) in [5.41, 5.74) is 1.87. The minimum Gasteiger partial charge on any atom is -0.486 e. The van der Waals surface area contributed by atoms with Crippen molar-refractivity contribution in [1.29, 1.82) is 0 Å². The van der Waals surface area contributed by atoms with E-state index in [1.165, 1.54) is 0 Å². The molecule has 0 amide bonds. The largest absolute Gasteiger partial charge is 0.486 e. The van der Waals surface area contributed by atoms with Gasteiger partial charge in [0.25, 0.3) is 0 Å². The monoisotopic (exact) mass is 387 g/mol. The van der Waals surface area contributed by atoms with Crippen molar-refractivity contribution in [2.45, 2.75) is 6.54 Å². The first-order valence-corrected chi connectivity index (χ1v) is 7.96. The highest BCUT2D eigenvalue weighted by Gasteiger charge is 2.12. The van der Waals surface area contributed by atoms with Gasteiger partial charge < -0.3 is 14.8 Å². The summed E-state index contributed by atoms with van der Waals surface area (Å²) >= 11 is 15.7. The maximum Gasteiger partial charge on any atom is 0.161 e. The van der Waals surface area contributed by atoms with Crippen LogP contribution in [0, 0.1) is 0 Å². The zero-order valence-corrected chi connectivity index (χ0v) is 14.1. The zero-order valence-electron chi connectivity index (χ0n) is 11.0. The van der Waals surface area contributed by atoms with E-state index in [0.717, 1.165) is 27.2 Å². The second kappa shape index (κ2) is 6.34. The molecule has 2 aromatic carbocycles. The lowest BCUT2D eigenvalue weighted by molar-refractivity contribution is 0.171. The first kappa shape index (κ1) is 14.8. The van der Waals surface area contributed by atoms with Crippen LogP contribution >= 0.6 is 39.1 Å². The molecule has 1 aliphatic heterocycles. The summed E-state index contributed by atoms with van der Waals surface area (Å²) < 4.78 is 11.8. The summed E-state index contributed by atoms with van der Waals surface area (Å²) in [4.78, 5) is 0. The van der Waals surface area contributed by atoms with E-state index in [1.807, 2.05) is 30.3 Å². The number of hydrogen-bond donors (Lipinski definition) is 1. The van der Waals surface area contributed by atoms with Crippen LogP contribution in [0.15, 0.2) is 34.8 Å². The van der Waals surface area contributed by atoms with Crippen molar-refractivity contribution in [3.8, 4) is 11.5 Å². The van der Waals surface area contributed by atoms with Crippen LogP contribution in [0.4, 0.5) is 5.69 Å². The predicted octanol–water partition coefficient (Wildman–Crippen LogP) is 5.14. The molecule has 0 aromatic heterocycles. The van der Waals surface area contributed by atoms with Gasteiger partial charge in [-0.1, -0.05) is 29.3 Å². The Kier molecular flexibility index (Phi) is 4.48. The molecule has 3 nitrogen and oxygen atoms in total. The Labute approximate surface area is 141 Å². The highest BCUT2D eigenvalue weighted by molar-refractivity contribution is 9.10. The quantitative estimate of drug-likeness (QED) is 0.738. The van der Waals surface area contributed by atoms with Gasteiger partial charge in [0, 0.05) is 11.0 Å². The Hall–Kier alpha value is -1.10. The normalized spacial score (nSPS) is 13.1. The molecule has 3 rings (SSSR count). The van der Waals surface area contributed by atoms with Gasteiger partial charge in [-0.15, -0.1) is 0 Å². The van der Waals surface area contributed by atoms with Crippen molar-refractivity contribution < 1.29 is 9.47 Å². The third-order valence-corrected chi connectivity index (χ3v) is 4.90. The van der Waals surface area contributed by atoms with Gasteiger partial charge >= 0.3 is 0 Å². The maximum absolute atomic E-state index is 6.21. The predicted molar refractivity (Wildman–Crippen MR) is 88.9 cm³/mol. The van der Waals surface area contributed by atoms with Crippen LogP contribution in [0.5, 0.6) is 11.5 Å². The van der Waals surface area contributed by atoms with Crippen LogP contribution in [0.1, 0.15) is 5.56 Å². The van der Waals surface area contributed by atoms with Crippen LogP contribution in [0.25, 0.3) is 0 Å². The summed E-state index contributed by atoms with van der Waals surface area (Å²) in [5.74, 6) is 1.57. The summed E-state index contributed by atoms with van der Waals surface area (Å²) in [5, 5.41) is 4.28. The Morgan fingerprint density at radius 1 is 1.00 bits per heavy atom. The van der Waals surface area contributed by atoms with Gasteiger partial charge in [0.1, 0.15) is 13.2 Å². The van der Waals surface area contributed by atoms with Crippen LogP contribution in [-0.4, -0.2) is 13.2 Å². The number of ether oxygens (including phenoxy) is 2. The Bertz CT molecular complexity index is 679. The average molecular weight is 389 g/mol. The molecule has 1 aliphatic rings. The van der Waals surface area contributed by atoms with Gasteiger partial charge in [-0.25, -0.2) is 0 Å². The molecular formula is C15H12BrCl2NO2. The van der Waals surface area contributed by atoms with Gasteiger partial charge in [0.2, 0.25) is 0 Å². The minimum atomic E-state index is 0.503. The fourth-order valence-corrected chi connectivity index (χ4v) is 2.90. The van der Waals surface area contributed by atoms with Crippen molar-refractivity contribution in [2.24, 2.45) is 0 Å². The second-order valence-electron chi connectivity index (χ2n) is 4.55. The van der Waals surface area contributed by atoms with E-state index >= 15 is 0 Å². The van der Waals surface area contributed by atoms with Crippen LogP contribution in [0.2, 0.25) is 10.0 Å². The van der Waals surface area contributed by atoms with Crippen LogP contribution in [-0.2, 0) is 6.54 Å². The number of nitrogens with one attached hydrogen (secondary N) is 1. The van der Waals surface area contributed by atoms with E-state index in [1.54, 1.807) is 0 Å². The van der Waals surface area contributed by atoms with E-state index in [0.29, 0.717) is 29.8 Å². The fourth-order valence-electron chi connectivity index (χ4n) is 2.06. The van der Waals surface area contributed by atoms with Gasteiger partial charge in [-0.2, -0.15) is 0 Å². The third-order valence-electron chi connectivity index (χ3n) is 3.12. The third kappa shape index (κ3) is 3.23. The van der Waals surface area contributed by atoms with E-state index in [9.17, 15) is 0 Å². The molecule has 1 heterocycles. The molecule has 21 heavy (non-hydrogen) atoms. The highest BCUT2D eigenvalue weighted by Crippen LogP contribution is 2.36. The summed E-state index contributed by atoms with van der Waals surface area (Å²) in [6.45, 7) is 1.80. The Morgan fingerprint density at radius 3 is 2.57 bits per heavy atom. The van der Waals surface area contributed by atoms with Gasteiger partial charge in [-0.3, -0.25) is 0 Å². The van der Waals surface area contributed by atoms with Gasteiger partial charge in [0.15, 0.2) is 11.5 Å². The van der Waals surface area contributed by atoms with E-state index < -0.39 is 0 Å². The molecule has 0 saturated carbocycles. The lowest BCUT2D eigenvalue weighted by Gasteiger charge is -2.19. The molecule has 0 bridgehead atoms. The van der Waals surface area contributed by atoms with Crippen LogP contribution < -0.4 is 14.8 Å². The standard InChI is InChI=1S/C15H12BrCl2NO2/c16-10-2-3-11(15(18)14(10)17)19-8-9-1-4-12-13(7-9)21-6-5-20-12/h1-4,7,19H,5-6,8H2. The zero-order chi connectivity index (χ0) is 14.8. The molecule has 0 radical (unpaired) electrons. The second-order valence-corrected chi connectivity index (χ2v) is 6.16. The first-order valence-electron chi connectivity index (χ1n) is 6.41. The fraction of sp³-hybridized carbons (Fsp3) is 0.200. The molecular weight excluding hydrogens is 377 g/mol. The molecule has 0 fully saturated rings. The van der Waals surface area contributed by atoms with Crippen molar-refractivity contribution in [3.05, 3.63) is 50.4 Å². The minimum absolute atomic E-state index is 0.503. The number of fused-ring (bicyclic) bond motifs is 1. The number of rotatable bonds is 3. The van der Waals surface area contributed by atoms with E-state index in [-0.39, 0.29) is 0 Å². The molecule has 110 valence electrons. The number of halogens is 3. The number of benzene rings is 2. The molecule has 0 aliphatic carbocycles. The van der Waals surface area contributed by atoms with Crippen molar-refractivity contribution >= 4 is 44.8 Å². The molecule has 0 atom stereocenters. The molecule has 2 aromatic rings. The van der Waals surface area contributed by atoms with Crippen molar-refractivity contribution in [3.63, 3.8) is 0 Å². The SMILES string of the molecule is Clc1c(Br)ccc(NCc2ccc3c(c2)OCCO3)c1Cl. The summed E-state index contributed by atoms with van der Waals surface area (Å²) in [7, 11) is 0. The van der Waals surface area contributed by atoms with E-state index in [4.69, 9.17) is 32.7 Å². The van der Waals surface area contributed by atoms with Crippen molar-refractivity contribution in [2.75, 3.05) is 18.5 Å². The summed E-state index contributed by atoms with van der Waals surface area (Å²) in [6.07, 6.45) is 0. The highest BCUT2D eigenvalue weighted by atomic mass is 79.9. The van der Waals surface area contributed by atoms with E-state index in [2.05, 4.69) is 21.2 Å². The number of hydrogen-bond acceptors (Lipinski definition) is 3. The molecule has 0 saturated heterocycles. The molecule has 0 spiro atoms. The maximum atomic E-state index is 6.21. The topological polar surface area (TPSA) is 30.5 Å². The summed E-state index contributed by atoms with van der Waals surface area (Å²) in [6, 6.07) is 9.63. The molecule has 1 N–H and O–H groups in total. The van der Waals surface area contributed by atoms with Gasteiger partial charge in [-0.05, 0) is 45.8 Å². The molecule has 6 heteroatoms. The number of anilines is 1. The van der Waals surface area contributed by atoms with Crippen LogP contribution in [0.3, 0.4) is 0 Å². The lowest BCUT2D eigenvalue weighted by Crippen LogP contribution is -2.15. The van der Waals surface area contributed by atoms with Gasteiger partial charge in [0.05, 0.1) is 15.7 Å². The lowest BCUT2D eigenvalue weighted by atomic mass is 10.2. The van der Waals surface area contributed by atoms with Crippen molar-refractivity contribution in [1.82, 2.24) is 0 Å². The first-order chi connectivity index (χ1) is 10.1. The molecule has 0 unspecified atom stereocenters.